The molecule has 0 aliphatic rings. The van der Waals surface area contributed by atoms with E-state index in [0.717, 1.165) is 19.3 Å². The number of benzene rings is 1. The fourth-order valence-electron chi connectivity index (χ4n) is 2.42. The van der Waals surface area contributed by atoms with Crippen LogP contribution in [0, 0.1) is 5.92 Å². The van der Waals surface area contributed by atoms with Crippen LogP contribution in [0.4, 0.5) is 0 Å². The predicted octanol–water partition coefficient (Wildman–Crippen LogP) is 3.54. The number of unbranched alkanes of at least 4 members (excludes halogenated alkanes) is 1. The maximum absolute atomic E-state index is 12.5. The Morgan fingerprint density at radius 2 is 1.83 bits per heavy atom. The Balaban J connectivity index is 2.94. The van der Waals surface area contributed by atoms with Crippen molar-refractivity contribution in [1.29, 1.82) is 0 Å². The number of aliphatic hydroxyl groups is 1. The van der Waals surface area contributed by atoms with E-state index in [2.05, 4.69) is 11.6 Å². The summed E-state index contributed by atoms with van der Waals surface area (Å²) in [6, 6.07) is 7.59. The minimum atomic E-state index is -3.68. The van der Waals surface area contributed by atoms with Crippen molar-refractivity contribution < 1.29 is 13.5 Å². The van der Waals surface area contributed by atoms with E-state index in [9.17, 15) is 13.5 Å². The van der Waals surface area contributed by atoms with Gasteiger partial charge in [0.15, 0.2) is 0 Å². The molecule has 1 rings (SSSR count). The van der Waals surface area contributed by atoms with Gasteiger partial charge in [0.2, 0.25) is 10.0 Å². The largest absolute Gasteiger partial charge is 0.390 e. The first-order valence-electron chi connectivity index (χ1n) is 8.23. The predicted molar refractivity (Wildman–Crippen MR) is 95.2 cm³/mol. The number of hydrogen-bond donors (Lipinski definition) is 2. The van der Waals surface area contributed by atoms with Gasteiger partial charge in [-0.25, -0.2) is 13.1 Å². The van der Waals surface area contributed by atoms with E-state index in [1.807, 2.05) is 13.8 Å². The van der Waals surface area contributed by atoms with E-state index < -0.39 is 27.5 Å². The summed E-state index contributed by atoms with van der Waals surface area (Å²) >= 11 is 6.30. The van der Waals surface area contributed by atoms with Crippen molar-refractivity contribution in [2.75, 3.05) is 0 Å². The first-order chi connectivity index (χ1) is 10.8. The molecule has 4 atom stereocenters. The van der Waals surface area contributed by atoms with Crippen molar-refractivity contribution in [2.24, 2.45) is 5.92 Å². The summed E-state index contributed by atoms with van der Waals surface area (Å²) in [5.41, 5.74) is 0. The Morgan fingerprint density at radius 1 is 1.22 bits per heavy atom. The smallest absolute Gasteiger partial charge is 0.240 e. The first-order valence-corrected chi connectivity index (χ1v) is 10.1. The lowest BCUT2D eigenvalue weighted by Gasteiger charge is -2.31. The zero-order chi connectivity index (χ0) is 17.5. The fourth-order valence-corrected chi connectivity index (χ4v) is 4.11. The summed E-state index contributed by atoms with van der Waals surface area (Å²) in [7, 11) is -3.68. The van der Waals surface area contributed by atoms with Crippen LogP contribution < -0.4 is 4.72 Å². The Hall–Kier alpha value is -0.620. The summed E-state index contributed by atoms with van der Waals surface area (Å²) in [6.07, 6.45) is 2.39. The molecule has 0 radical (unpaired) electrons. The Kier molecular flexibility index (Phi) is 8.54. The lowest BCUT2D eigenvalue weighted by molar-refractivity contribution is 0.104. The van der Waals surface area contributed by atoms with Gasteiger partial charge in [0.25, 0.3) is 0 Å². The van der Waals surface area contributed by atoms with Crippen molar-refractivity contribution in [1.82, 2.24) is 4.72 Å². The maximum atomic E-state index is 12.5. The second-order valence-electron chi connectivity index (χ2n) is 5.99. The van der Waals surface area contributed by atoms with Gasteiger partial charge in [0.05, 0.1) is 22.4 Å². The number of sulfonamides is 1. The molecule has 0 saturated carbocycles. The highest BCUT2D eigenvalue weighted by atomic mass is 35.5. The molecule has 1 aromatic rings. The SMILES string of the molecule is CCCCC(Cl)[C@@H](O)[C@@H](NS(=O)(=O)c1ccccc1)[C@@H](C)CC. The molecule has 6 heteroatoms. The van der Waals surface area contributed by atoms with Gasteiger partial charge in [-0.2, -0.15) is 0 Å². The van der Waals surface area contributed by atoms with Gasteiger partial charge in [-0.1, -0.05) is 58.2 Å². The fraction of sp³-hybridized carbons (Fsp3) is 0.647. The minimum absolute atomic E-state index is 0.0219. The second-order valence-corrected chi connectivity index (χ2v) is 8.27. The number of aliphatic hydroxyl groups excluding tert-OH is 1. The molecular weight excluding hydrogens is 334 g/mol. The molecule has 132 valence electrons. The Labute approximate surface area is 145 Å². The number of rotatable bonds is 10. The molecule has 0 aliphatic carbocycles. The zero-order valence-corrected chi connectivity index (χ0v) is 15.6. The number of hydrogen-bond acceptors (Lipinski definition) is 3. The molecular formula is C17H28ClNO3S. The molecule has 0 bridgehead atoms. The van der Waals surface area contributed by atoms with Gasteiger partial charge in [-0.05, 0) is 24.5 Å². The van der Waals surface area contributed by atoms with E-state index in [1.54, 1.807) is 18.2 Å². The molecule has 2 N–H and O–H groups in total. The van der Waals surface area contributed by atoms with Gasteiger partial charge in [-0.15, -0.1) is 11.6 Å². The van der Waals surface area contributed by atoms with Gasteiger partial charge in [-0.3, -0.25) is 0 Å². The van der Waals surface area contributed by atoms with E-state index in [4.69, 9.17) is 11.6 Å². The van der Waals surface area contributed by atoms with Crippen molar-refractivity contribution in [3.63, 3.8) is 0 Å². The Bertz CT molecular complexity index is 550. The van der Waals surface area contributed by atoms with Crippen molar-refractivity contribution in [2.45, 2.75) is 68.9 Å². The molecule has 1 unspecified atom stereocenters. The van der Waals surface area contributed by atoms with Crippen LogP contribution in [-0.4, -0.2) is 31.0 Å². The zero-order valence-electron chi connectivity index (χ0n) is 14.1. The highest BCUT2D eigenvalue weighted by Gasteiger charge is 2.33. The lowest BCUT2D eigenvalue weighted by atomic mass is 9.92. The summed E-state index contributed by atoms with van der Waals surface area (Å²) in [4.78, 5) is 0.195. The first kappa shape index (κ1) is 20.4. The van der Waals surface area contributed by atoms with Crippen LogP contribution in [0.5, 0.6) is 0 Å². The summed E-state index contributed by atoms with van der Waals surface area (Å²) < 4.78 is 27.7. The average molecular weight is 362 g/mol. The van der Waals surface area contributed by atoms with Gasteiger partial charge in [0, 0.05) is 0 Å². The molecule has 0 fully saturated rings. The minimum Gasteiger partial charge on any atom is -0.390 e. The van der Waals surface area contributed by atoms with Crippen molar-refractivity contribution in [3.05, 3.63) is 30.3 Å². The molecule has 0 spiro atoms. The van der Waals surface area contributed by atoms with Gasteiger partial charge >= 0.3 is 0 Å². The molecule has 0 aliphatic heterocycles. The number of halogens is 1. The third-order valence-corrected chi connectivity index (χ3v) is 6.13. The van der Waals surface area contributed by atoms with E-state index in [-0.39, 0.29) is 10.8 Å². The molecule has 0 saturated heterocycles. The van der Waals surface area contributed by atoms with Crippen LogP contribution in [0.15, 0.2) is 35.2 Å². The second kappa shape index (κ2) is 9.62. The van der Waals surface area contributed by atoms with Crippen molar-refractivity contribution >= 4 is 21.6 Å². The summed E-state index contributed by atoms with van der Waals surface area (Å²) in [6.45, 7) is 5.95. The lowest BCUT2D eigenvalue weighted by Crippen LogP contribution is -2.50. The van der Waals surface area contributed by atoms with Crippen LogP contribution in [0.1, 0.15) is 46.5 Å². The Morgan fingerprint density at radius 3 is 2.35 bits per heavy atom. The van der Waals surface area contributed by atoms with Gasteiger partial charge < -0.3 is 5.11 Å². The molecule has 0 amide bonds. The normalized spacial score (nSPS) is 17.4. The quantitative estimate of drug-likeness (QED) is 0.626. The average Bonchev–Trinajstić information content (AvgIpc) is 2.57. The van der Waals surface area contributed by atoms with Crippen LogP contribution >= 0.6 is 11.6 Å². The van der Waals surface area contributed by atoms with Crippen LogP contribution in [0.2, 0.25) is 0 Å². The standard InChI is InChI=1S/C17H28ClNO3S/c1-4-6-12-15(18)17(20)16(13(3)5-2)19-23(21,22)14-10-8-7-9-11-14/h7-11,13,15-17,19-20H,4-6,12H2,1-3H3/t13-,15?,16-,17+/m0/s1. The number of nitrogens with one attached hydrogen (secondary N) is 1. The molecule has 4 nitrogen and oxygen atoms in total. The van der Waals surface area contributed by atoms with Crippen LogP contribution in [0.25, 0.3) is 0 Å². The monoisotopic (exact) mass is 361 g/mol. The van der Waals surface area contributed by atoms with Gasteiger partial charge in [0.1, 0.15) is 0 Å². The van der Waals surface area contributed by atoms with E-state index in [1.165, 1.54) is 12.1 Å². The third-order valence-electron chi connectivity index (χ3n) is 4.17. The molecule has 23 heavy (non-hydrogen) atoms. The van der Waals surface area contributed by atoms with E-state index in [0.29, 0.717) is 6.42 Å². The van der Waals surface area contributed by atoms with Crippen LogP contribution in [0.3, 0.4) is 0 Å². The third kappa shape index (κ3) is 6.07. The van der Waals surface area contributed by atoms with Crippen LogP contribution in [-0.2, 0) is 10.0 Å². The molecule has 0 heterocycles. The topological polar surface area (TPSA) is 66.4 Å². The maximum Gasteiger partial charge on any atom is 0.240 e. The molecule has 1 aromatic carbocycles. The highest BCUT2D eigenvalue weighted by Crippen LogP contribution is 2.22. The van der Waals surface area contributed by atoms with E-state index >= 15 is 0 Å². The highest BCUT2D eigenvalue weighted by molar-refractivity contribution is 7.89. The number of alkyl halides is 1. The van der Waals surface area contributed by atoms with Crippen molar-refractivity contribution in [3.8, 4) is 0 Å². The molecule has 0 aromatic heterocycles. The summed E-state index contributed by atoms with van der Waals surface area (Å²) in [5, 5.41) is 10.1. The summed E-state index contributed by atoms with van der Waals surface area (Å²) in [5.74, 6) is -0.0219.